The van der Waals surface area contributed by atoms with Gasteiger partial charge in [-0.15, -0.1) is 0 Å². The molecule has 18 heavy (non-hydrogen) atoms. The van der Waals surface area contributed by atoms with Gasteiger partial charge < -0.3 is 15.1 Å². The third-order valence-corrected chi connectivity index (χ3v) is 2.63. The standard InChI is InChI=1S/C12H19N3O3/c1-9-13-8-10(12(17)18)11(14-9)15(2)6-4-3-5-7-16/h8,16H,3-7H2,1-2H3,(H,17,18). The van der Waals surface area contributed by atoms with Crippen LogP contribution in [0.4, 0.5) is 5.82 Å². The largest absolute Gasteiger partial charge is 0.477 e. The third kappa shape index (κ3) is 3.96. The minimum atomic E-state index is -1.02. The van der Waals surface area contributed by atoms with E-state index in [0.29, 0.717) is 18.2 Å². The molecule has 2 N–H and O–H groups in total. The number of carboxylic acids is 1. The fourth-order valence-electron chi connectivity index (χ4n) is 1.64. The highest BCUT2D eigenvalue weighted by Crippen LogP contribution is 2.16. The van der Waals surface area contributed by atoms with E-state index in [1.165, 1.54) is 6.20 Å². The van der Waals surface area contributed by atoms with Crippen LogP contribution in [-0.2, 0) is 0 Å². The van der Waals surface area contributed by atoms with E-state index in [1.54, 1.807) is 6.92 Å². The fourth-order valence-corrected chi connectivity index (χ4v) is 1.64. The number of aromatic carboxylic acids is 1. The Morgan fingerprint density at radius 3 is 2.72 bits per heavy atom. The van der Waals surface area contributed by atoms with Crippen molar-refractivity contribution in [3.8, 4) is 0 Å². The van der Waals surface area contributed by atoms with Gasteiger partial charge in [0.15, 0.2) is 0 Å². The van der Waals surface area contributed by atoms with Crippen molar-refractivity contribution in [3.63, 3.8) is 0 Å². The molecule has 100 valence electrons. The minimum Gasteiger partial charge on any atom is -0.477 e. The molecule has 0 fully saturated rings. The van der Waals surface area contributed by atoms with Crippen molar-refractivity contribution in [1.82, 2.24) is 9.97 Å². The molecule has 0 saturated heterocycles. The van der Waals surface area contributed by atoms with Gasteiger partial charge in [0.1, 0.15) is 17.2 Å². The first-order chi connectivity index (χ1) is 8.56. The van der Waals surface area contributed by atoms with Gasteiger partial charge in [-0.05, 0) is 26.2 Å². The zero-order valence-corrected chi connectivity index (χ0v) is 10.8. The van der Waals surface area contributed by atoms with E-state index in [9.17, 15) is 4.79 Å². The number of aryl methyl sites for hydroxylation is 1. The number of hydrogen-bond donors (Lipinski definition) is 2. The summed E-state index contributed by atoms with van der Waals surface area (Å²) >= 11 is 0. The molecule has 0 atom stereocenters. The Hall–Kier alpha value is -1.69. The Balaban J connectivity index is 2.74. The number of rotatable bonds is 7. The Labute approximate surface area is 106 Å². The van der Waals surface area contributed by atoms with Gasteiger partial charge >= 0.3 is 5.97 Å². The zero-order chi connectivity index (χ0) is 13.5. The lowest BCUT2D eigenvalue weighted by Crippen LogP contribution is -2.23. The summed E-state index contributed by atoms with van der Waals surface area (Å²) in [6, 6.07) is 0. The Bertz CT molecular complexity index is 410. The number of aromatic nitrogens is 2. The van der Waals surface area contributed by atoms with Crippen molar-refractivity contribution in [2.75, 3.05) is 25.1 Å². The van der Waals surface area contributed by atoms with Crippen molar-refractivity contribution in [3.05, 3.63) is 17.6 Å². The summed E-state index contributed by atoms with van der Waals surface area (Å²) in [5, 5.41) is 17.8. The van der Waals surface area contributed by atoms with Gasteiger partial charge in [-0.2, -0.15) is 0 Å². The molecule has 1 aromatic heterocycles. The topological polar surface area (TPSA) is 86.5 Å². The van der Waals surface area contributed by atoms with E-state index in [-0.39, 0.29) is 12.2 Å². The number of aliphatic hydroxyl groups is 1. The number of carboxylic acid groups (broad SMARTS) is 1. The highest BCUT2D eigenvalue weighted by molar-refractivity contribution is 5.92. The van der Waals surface area contributed by atoms with Gasteiger partial charge in [0.25, 0.3) is 0 Å². The summed E-state index contributed by atoms with van der Waals surface area (Å²) in [7, 11) is 1.81. The predicted octanol–water partition coefficient (Wildman–Crippen LogP) is 1.08. The second-order valence-corrected chi connectivity index (χ2v) is 4.17. The van der Waals surface area contributed by atoms with Crippen LogP contribution in [0.1, 0.15) is 35.4 Å². The lowest BCUT2D eigenvalue weighted by Gasteiger charge is -2.19. The minimum absolute atomic E-state index is 0.116. The van der Waals surface area contributed by atoms with E-state index in [0.717, 1.165) is 19.3 Å². The smallest absolute Gasteiger partial charge is 0.341 e. The monoisotopic (exact) mass is 253 g/mol. The van der Waals surface area contributed by atoms with Gasteiger partial charge in [0, 0.05) is 26.4 Å². The maximum Gasteiger partial charge on any atom is 0.341 e. The number of hydrogen-bond acceptors (Lipinski definition) is 5. The van der Waals surface area contributed by atoms with E-state index in [1.807, 2.05) is 11.9 Å². The summed E-state index contributed by atoms with van der Waals surface area (Å²) in [4.78, 5) is 21.0. The Kier molecular flexibility index (Phi) is 5.51. The molecule has 6 heteroatoms. The molecular formula is C12H19N3O3. The summed E-state index contributed by atoms with van der Waals surface area (Å²) < 4.78 is 0. The van der Waals surface area contributed by atoms with E-state index in [2.05, 4.69) is 9.97 Å². The van der Waals surface area contributed by atoms with Crippen LogP contribution in [0.5, 0.6) is 0 Å². The van der Waals surface area contributed by atoms with Gasteiger partial charge in [0.05, 0.1) is 0 Å². The number of anilines is 1. The first kappa shape index (κ1) is 14.4. The predicted molar refractivity (Wildman–Crippen MR) is 67.9 cm³/mol. The number of aliphatic hydroxyl groups excluding tert-OH is 1. The van der Waals surface area contributed by atoms with Crippen LogP contribution in [0.2, 0.25) is 0 Å². The van der Waals surface area contributed by atoms with Crippen molar-refractivity contribution < 1.29 is 15.0 Å². The lowest BCUT2D eigenvalue weighted by atomic mass is 10.2. The number of nitrogens with zero attached hydrogens (tertiary/aromatic N) is 3. The van der Waals surface area contributed by atoms with Gasteiger partial charge in [0.2, 0.25) is 0 Å². The average Bonchev–Trinajstić information content (AvgIpc) is 2.34. The normalized spacial score (nSPS) is 10.4. The first-order valence-corrected chi connectivity index (χ1v) is 5.95. The molecule has 0 aromatic carbocycles. The van der Waals surface area contributed by atoms with Gasteiger partial charge in [-0.1, -0.05) is 0 Å². The fraction of sp³-hybridized carbons (Fsp3) is 0.583. The second-order valence-electron chi connectivity index (χ2n) is 4.17. The van der Waals surface area contributed by atoms with Crippen LogP contribution < -0.4 is 4.90 Å². The van der Waals surface area contributed by atoms with E-state index in [4.69, 9.17) is 10.2 Å². The summed E-state index contributed by atoms with van der Waals surface area (Å²) in [5.41, 5.74) is 0.116. The first-order valence-electron chi connectivity index (χ1n) is 5.95. The highest BCUT2D eigenvalue weighted by atomic mass is 16.4. The molecule has 0 radical (unpaired) electrons. The highest BCUT2D eigenvalue weighted by Gasteiger charge is 2.15. The molecule has 6 nitrogen and oxygen atoms in total. The van der Waals surface area contributed by atoms with Crippen LogP contribution in [0.3, 0.4) is 0 Å². The number of carbonyl (C=O) groups is 1. The van der Waals surface area contributed by atoms with Crippen LogP contribution in [0.25, 0.3) is 0 Å². The maximum atomic E-state index is 11.1. The second kappa shape index (κ2) is 6.90. The molecule has 0 aliphatic heterocycles. The zero-order valence-electron chi connectivity index (χ0n) is 10.8. The Morgan fingerprint density at radius 2 is 2.11 bits per heavy atom. The lowest BCUT2D eigenvalue weighted by molar-refractivity contribution is 0.0696. The van der Waals surface area contributed by atoms with Crippen molar-refractivity contribution in [1.29, 1.82) is 0 Å². The summed E-state index contributed by atoms with van der Waals surface area (Å²) in [6.45, 7) is 2.63. The molecule has 0 unspecified atom stereocenters. The van der Waals surface area contributed by atoms with Crippen molar-refractivity contribution >= 4 is 11.8 Å². The Morgan fingerprint density at radius 1 is 1.39 bits per heavy atom. The number of unbranched alkanes of at least 4 members (excludes halogenated alkanes) is 2. The van der Waals surface area contributed by atoms with E-state index < -0.39 is 5.97 Å². The molecule has 0 spiro atoms. The van der Waals surface area contributed by atoms with Crippen LogP contribution >= 0.6 is 0 Å². The third-order valence-electron chi connectivity index (χ3n) is 2.63. The molecule has 1 heterocycles. The molecule has 0 aliphatic carbocycles. The molecule has 0 aliphatic rings. The summed E-state index contributed by atoms with van der Waals surface area (Å²) in [5.74, 6) is -0.0246. The van der Waals surface area contributed by atoms with Gasteiger partial charge in [-0.3, -0.25) is 0 Å². The molecule has 1 rings (SSSR count). The molecule has 0 bridgehead atoms. The SMILES string of the molecule is Cc1ncc(C(=O)O)c(N(C)CCCCCO)n1. The average molecular weight is 253 g/mol. The quantitative estimate of drug-likeness (QED) is 0.707. The summed E-state index contributed by atoms with van der Waals surface area (Å²) in [6.07, 6.45) is 3.90. The molecular weight excluding hydrogens is 234 g/mol. The van der Waals surface area contributed by atoms with Crippen LogP contribution in [0.15, 0.2) is 6.20 Å². The van der Waals surface area contributed by atoms with Crippen molar-refractivity contribution in [2.24, 2.45) is 0 Å². The van der Waals surface area contributed by atoms with Crippen molar-refractivity contribution in [2.45, 2.75) is 26.2 Å². The van der Waals surface area contributed by atoms with E-state index >= 15 is 0 Å². The van der Waals surface area contributed by atoms with Gasteiger partial charge in [-0.25, -0.2) is 14.8 Å². The maximum absolute atomic E-state index is 11.1. The van der Waals surface area contributed by atoms with Crippen LogP contribution in [-0.4, -0.2) is 46.3 Å². The molecule has 1 aromatic rings. The molecule has 0 saturated carbocycles. The van der Waals surface area contributed by atoms with Crippen LogP contribution in [0, 0.1) is 6.92 Å². The molecule has 0 amide bonds.